The van der Waals surface area contributed by atoms with Crippen molar-refractivity contribution in [2.24, 2.45) is 0 Å². The van der Waals surface area contributed by atoms with Crippen LogP contribution in [0.1, 0.15) is 0 Å². The molecule has 1 saturated heterocycles. The Balaban J connectivity index is 1.77. The Labute approximate surface area is 155 Å². The molecular weight excluding hydrogens is 386 g/mol. The maximum atomic E-state index is 14.0. The molecule has 0 radical (unpaired) electrons. The Kier molecular flexibility index (Phi) is 3.97. The fourth-order valence-electron chi connectivity index (χ4n) is 2.84. The van der Waals surface area contributed by atoms with Crippen LogP contribution in [0.5, 0.6) is 11.9 Å². The highest BCUT2D eigenvalue weighted by molar-refractivity contribution is 5.69. The number of alkyl halides is 4. The van der Waals surface area contributed by atoms with E-state index in [-0.39, 0.29) is 29.2 Å². The molecule has 0 unspecified atom stereocenters. The molecule has 28 heavy (non-hydrogen) atoms. The number of aromatic nitrogens is 6. The van der Waals surface area contributed by atoms with Gasteiger partial charge in [-0.1, -0.05) is 0 Å². The number of nitrogens with zero attached hydrogens (tertiary/aromatic N) is 7. The molecule has 1 aliphatic rings. The van der Waals surface area contributed by atoms with Crippen LogP contribution in [0.4, 0.5) is 23.4 Å². The van der Waals surface area contributed by atoms with Crippen LogP contribution in [0.3, 0.4) is 0 Å². The Morgan fingerprint density at radius 3 is 2.50 bits per heavy atom. The highest BCUT2D eigenvalue weighted by Crippen LogP contribution is 2.43. The number of anilines is 1. The van der Waals surface area contributed by atoms with Gasteiger partial charge in [-0.3, -0.25) is 0 Å². The second kappa shape index (κ2) is 6.14. The summed E-state index contributed by atoms with van der Waals surface area (Å²) in [6.45, 7) is -1.71. The zero-order chi connectivity index (χ0) is 20.1. The monoisotopic (exact) mass is 399 g/mol. The van der Waals surface area contributed by atoms with Crippen molar-refractivity contribution in [3.05, 3.63) is 18.6 Å². The third-order valence-corrected chi connectivity index (χ3v) is 4.33. The zero-order valence-electron chi connectivity index (χ0n) is 14.6. The predicted octanol–water partition coefficient (Wildman–Crippen LogP) is 1.69. The molecule has 1 aliphatic heterocycles. The molecule has 0 aromatic carbocycles. The van der Waals surface area contributed by atoms with Gasteiger partial charge in [-0.05, 0) is 0 Å². The molecule has 0 aliphatic carbocycles. The summed E-state index contributed by atoms with van der Waals surface area (Å²) in [5.74, 6) is 0.467. The second-order valence-corrected chi connectivity index (χ2v) is 6.07. The molecule has 0 bridgehead atoms. The van der Waals surface area contributed by atoms with Crippen LogP contribution in [-0.2, 0) is 0 Å². The number of fused-ring (bicyclic) bond motifs is 1. The van der Waals surface area contributed by atoms with E-state index in [9.17, 15) is 17.6 Å². The molecule has 0 spiro atoms. The standard InChI is InChI=1S/C15H13F4N7O2/c1-27-11-8(4-20-13(24-11)28-2)9-3-10(26-12(23-9)21-7-22-26)25-5-14(16,6-25)15(17,18)19/h3-4,7H,5-6H2,1-2H3. The van der Waals surface area contributed by atoms with Crippen molar-refractivity contribution in [3.63, 3.8) is 0 Å². The van der Waals surface area contributed by atoms with Crippen LogP contribution in [0.2, 0.25) is 0 Å². The first-order chi connectivity index (χ1) is 13.3. The summed E-state index contributed by atoms with van der Waals surface area (Å²) in [4.78, 5) is 17.5. The van der Waals surface area contributed by atoms with Crippen LogP contribution >= 0.6 is 0 Å². The summed E-state index contributed by atoms with van der Waals surface area (Å²) in [6, 6.07) is 1.52. The van der Waals surface area contributed by atoms with Crippen molar-refractivity contribution in [2.45, 2.75) is 11.8 Å². The molecule has 9 nitrogen and oxygen atoms in total. The summed E-state index contributed by atoms with van der Waals surface area (Å²) < 4.78 is 64.0. The van der Waals surface area contributed by atoms with Gasteiger partial charge in [0.15, 0.2) is 0 Å². The van der Waals surface area contributed by atoms with E-state index in [1.165, 1.54) is 42.2 Å². The zero-order valence-corrected chi connectivity index (χ0v) is 14.6. The Morgan fingerprint density at radius 1 is 1.11 bits per heavy atom. The largest absolute Gasteiger partial charge is 0.480 e. The highest BCUT2D eigenvalue weighted by atomic mass is 19.4. The first kappa shape index (κ1) is 18.1. The Bertz CT molecular complexity index is 1030. The number of methoxy groups -OCH3 is 2. The van der Waals surface area contributed by atoms with Crippen molar-refractivity contribution < 1.29 is 27.0 Å². The predicted molar refractivity (Wildman–Crippen MR) is 87.0 cm³/mol. The van der Waals surface area contributed by atoms with Crippen LogP contribution in [-0.4, -0.2) is 68.7 Å². The molecule has 13 heteroatoms. The van der Waals surface area contributed by atoms with Crippen molar-refractivity contribution in [1.82, 2.24) is 29.5 Å². The van der Waals surface area contributed by atoms with Crippen LogP contribution < -0.4 is 14.4 Å². The van der Waals surface area contributed by atoms with Gasteiger partial charge >= 0.3 is 12.2 Å². The van der Waals surface area contributed by atoms with Crippen LogP contribution in [0, 0.1) is 0 Å². The van der Waals surface area contributed by atoms with Gasteiger partial charge < -0.3 is 14.4 Å². The normalized spacial score (nSPS) is 16.1. The van der Waals surface area contributed by atoms with Gasteiger partial charge in [-0.15, -0.1) is 0 Å². The Morgan fingerprint density at radius 2 is 1.86 bits per heavy atom. The molecule has 1 fully saturated rings. The molecule has 0 atom stereocenters. The summed E-state index contributed by atoms with van der Waals surface area (Å²) in [7, 11) is 2.78. The van der Waals surface area contributed by atoms with E-state index in [1.54, 1.807) is 0 Å². The quantitative estimate of drug-likeness (QED) is 0.613. The van der Waals surface area contributed by atoms with E-state index in [1.807, 2.05) is 0 Å². The number of halogens is 4. The highest BCUT2D eigenvalue weighted by Gasteiger charge is 2.63. The summed E-state index contributed by atoms with van der Waals surface area (Å²) in [6.07, 6.45) is -2.35. The van der Waals surface area contributed by atoms with E-state index in [2.05, 4.69) is 25.0 Å². The van der Waals surface area contributed by atoms with Crippen molar-refractivity contribution in [1.29, 1.82) is 0 Å². The lowest BCUT2D eigenvalue weighted by Gasteiger charge is -2.45. The average Bonchev–Trinajstić information content (AvgIpc) is 3.11. The summed E-state index contributed by atoms with van der Waals surface area (Å²) >= 11 is 0. The molecule has 4 rings (SSSR count). The molecule has 0 saturated carbocycles. The van der Waals surface area contributed by atoms with Gasteiger partial charge in [0.05, 0.1) is 38.6 Å². The molecule has 3 aromatic rings. The number of hydrogen-bond acceptors (Lipinski definition) is 8. The number of ether oxygens (including phenoxy) is 2. The van der Waals surface area contributed by atoms with Crippen molar-refractivity contribution >= 4 is 11.6 Å². The lowest BCUT2D eigenvalue weighted by molar-refractivity contribution is -0.237. The Hall–Kier alpha value is -3.25. The van der Waals surface area contributed by atoms with E-state index in [0.717, 1.165) is 0 Å². The fourth-order valence-corrected chi connectivity index (χ4v) is 2.84. The molecule has 0 N–H and O–H groups in total. The van der Waals surface area contributed by atoms with Gasteiger partial charge in [0.25, 0.3) is 5.78 Å². The third kappa shape index (κ3) is 2.73. The first-order valence-corrected chi connectivity index (χ1v) is 7.92. The third-order valence-electron chi connectivity index (χ3n) is 4.33. The van der Waals surface area contributed by atoms with E-state index >= 15 is 0 Å². The minimum absolute atomic E-state index is 0.0690. The van der Waals surface area contributed by atoms with Gasteiger partial charge in [-0.2, -0.15) is 32.8 Å². The van der Waals surface area contributed by atoms with Gasteiger partial charge in [0, 0.05) is 12.3 Å². The van der Waals surface area contributed by atoms with Crippen molar-refractivity contribution in [2.75, 3.05) is 32.2 Å². The smallest absolute Gasteiger partial charge is 0.426 e. The SMILES string of the molecule is COc1ncc(-c2cc(N3CC(F)(C(F)(F)F)C3)n3ncnc3n2)c(OC)n1. The number of hydrogen-bond donors (Lipinski definition) is 0. The van der Waals surface area contributed by atoms with Gasteiger partial charge in [-0.25, -0.2) is 14.4 Å². The summed E-state index contributed by atoms with van der Waals surface area (Å²) in [5, 5.41) is 3.95. The topological polar surface area (TPSA) is 90.6 Å². The minimum Gasteiger partial charge on any atom is -0.480 e. The van der Waals surface area contributed by atoms with Crippen molar-refractivity contribution in [3.8, 4) is 23.1 Å². The maximum absolute atomic E-state index is 14.0. The van der Waals surface area contributed by atoms with Crippen LogP contribution in [0.15, 0.2) is 18.6 Å². The van der Waals surface area contributed by atoms with E-state index in [0.29, 0.717) is 5.56 Å². The van der Waals surface area contributed by atoms with Crippen LogP contribution in [0.25, 0.3) is 17.0 Å². The first-order valence-electron chi connectivity index (χ1n) is 7.92. The van der Waals surface area contributed by atoms with Gasteiger partial charge in [0.2, 0.25) is 11.5 Å². The molecule has 148 valence electrons. The van der Waals surface area contributed by atoms with Gasteiger partial charge in [0.1, 0.15) is 12.1 Å². The van der Waals surface area contributed by atoms with E-state index in [4.69, 9.17) is 9.47 Å². The fraction of sp³-hybridized carbons (Fsp3) is 0.400. The maximum Gasteiger partial charge on any atom is 0.426 e. The number of rotatable bonds is 4. The average molecular weight is 399 g/mol. The molecular formula is C15H13F4N7O2. The summed E-state index contributed by atoms with van der Waals surface area (Å²) in [5.41, 5.74) is -2.64. The lowest BCUT2D eigenvalue weighted by atomic mass is 9.95. The lowest BCUT2D eigenvalue weighted by Crippen LogP contribution is -2.67. The molecule has 4 heterocycles. The molecule has 3 aromatic heterocycles. The minimum atomic E-state index is -4.95. The molecule has 0 amide bonds. The second-order valence-electron chi connectivity index (χ2n) is 6.07. The van der Waals surface area contributed by atoms with E-state index < -0.39 is 24.9 Å².